The number of hydrogen-bond acceptors (Lipinski definition) is 4. The molecule has 0 amide bonds. The molecule has 0 saturated carbocycles. The predicted octanol–water partition coefficient (Wildman–Crippen LogP) is 1.92. The third kappa shape index (κ3) is 3.03. The number of nitrogens with one attached hydrogen (secondary N) is 1. The molecule has 0 aromatic carbocycles. The van der Waals surface area contributed by atoms with Crippen LogP contribution in [0.2, 0.25) is 0 Å². The second kappa shape index (κ2) is 4.95. The number of aryl methyl sites for hydroxylation is 3. The lowest BCUT2D eigenvalue weighted by atomic mass is 10.3. The molecule has 5 heteroatoms. The van der Waals surface area contributed by atoms with Crippen LogP contribution in [0.25, 0.3) is 0 Å². The summed E-state index contributed by atoms with van der Waals surface area (Å²) in [5.74, 6) is 0.673. The molecule has 2 aromatic rings. The molecule has 5 nitrogen and oxygen atoms in total. The smallest absolute Gasteiger partial charge is 0.223 e. The summed E-state index contributed by atoms with van der Waals surface area (Å²) in [4.78, 5) is 8.65. The quantitative estimate of drug-likeness (QED) is 0.873. The minimum Gasteiger partial charge on any atom is -0.350 e. The molecular weight excluding hydrogens is 214 g/mol. The van der Waals surface area contributed by atoms with Gasteiger partial charge in [-0.1, -0.05) is 0 Å². The highest BCUT2D eigenvalue weighted by Crippen LogP contribution is 2.06. The normalized spacial score (nSPS) is 10.5. The van der Waals surface area contributed by atoms with Crippen LogP contribution in [0.1, 0.15) is 23.9 Å². The highest BCUT2D eigenvalue weighted by atomic mass is 15.3. The Balaban J connectivity index is 2.01. The van der Waals surface area contributed by atoms with Crippen LogP contribution in [-0.4, -0.2) is 19.7 Å². The first-order chi connectivity index (χ1) is 8.17. The molecule has 0 aliphatic carbocycles. The summed E-state index contributed by atoms with van der Waals surface area (Å²) in [5.41, 5.74) is 3.09. The summed E-state index contributed by atoms with van der Waals surface area (Å²) < 4.78 is 1.90. The van der Waals surface area contributed by atoms with E-state index in [4.69, 9.17) is 0 Å². The molecule has 0 aliphatic heterocycles. The van der Waals surface area contributed by atoms with Gasteiger partial charge in [0.15, 0.2) is 0 Å². The Labute approximate surface area is 101 Å². The number of hydrogen-bond donors (Lipinski definition) is 1. The first-order valence-corrected chi connectivity index (χ1v) is 5.75. The van der Waals surface area contributed by atoms with Crippen LogP contribution in [0.4, 0.5) is 5.95 Å². The van der Waals surface area contributed by atoms with Crippen LogP contribution in [0.3, 0.4) is 0 Å². The second-order valence-electron chi connectivity index (χ2n) is 4.03. The Morgan fingerprint density at radius 1 is 1.24 bits per heavy atom. The van der Waals surface area contributed by atoms with Gasteiger partial charge in [-0.25, -0.2) is 9.97 Å². The zero-order valence-corrected chi connectivity index (χ0v) is 10.4. The maximum Gasteiger partial charge on any atom is 0.223 e. The Bertz CT molecular complexity index is 483. The first kappa shape index (κ1) is 11.6. The van der Waals surface area contributed by atoms with E-state index in [9.17, 15) is 0 Å². The molecule has 17 heavy (non-hydrogen) atoms. The lowest BCUT2D eigenvalue weighted by Gasteiger charge is -2.04. The Hall–Kier alpha value is -1.91. The van der Waals surface area contributed by atoms with Gasteiger partial charge >= 0.3 is 0 Å². The van der Waals surface area contributed by atoms with E-state index >= 15 is 0 Å². The van der Waals surface area contributed by atoms with Crippen LogP contribution in [0.5, 0.6) is 0 Å². The third-order valence-electron chi connectivity index (χ3n) is 2.44. The van der Waals surface area contributed by atoms with Crippen molar-refractivity contribution < 1.29 is 0 Å². The summed E-state index contributed by atoms with van der Waals surface area (Å²) in [6.45, 7) is 7.59. The van der Waals surface area contributed by atoms with Crippen molar-refractivity contribution in [3.05, 3.63) is 35.4 Å². The molecule has 2 aromatic heterocycles. The van der Waals surface area contributed by atoms with Gasteiger partial charge < -0.3 is 5.32 Å². The van der Waals surface area contributed by atoms with Crippen molar-refractivity contribution in [2.75, 3.05) is 5.32 Å². The van der Waals surface area contributed by atoms with Crippen molar-refractivity contribution in [3.8, 4) is 0 Å². The molecular formula is C12H17N5. The molecule has 0 unspecified atom stereocenters. The van der Waals surface area contributed by atoms with E-state index < -0.39 is 0 Å². The van der Waals surface area contributed by atoms with Crippen LogP contribution in [-0.2, 0) is 13.1 Å². The third-order valence-corrected chi connectivity index (χ3v) is 2.44. The zero-order valence-electron chi connectivity index (χ0n) is 10.4. The summed E-state index contributed by atoms with van der Waals surface area (Å²) >= 11 is 0. The molecule has 90 valence electrons. The molecule has 1 N–H and O–H groups in total. The van der Waals surface area contributed by atoms with E-state index in [1.807, 2.05) is 37.0 Å². The van der Waals surface area contributed by atoms with E-state index in [1.165, 1.54) is 0 Å². The maximum absolute atomic E-state index is 4.33. The van der Waals surface area contributed by atoms with Crippen molar-refractivity contribution in [1.29, 1.82) is 0 Å². The minimum atomic E-state index is 0.673. The maximum atomic E-state index is 4.33. The summed E-state index contributed by atoms with van der Waals surface area (Å²) in [5, 5.41) is 7.42. The van der Waals surface area contributed by atoms with Gasteiger partial charge in [0.25, 0.3) is 0 Å². The van der Waals surface area contributed by atoms with Gasteiger partial charge in [-0.3, -0.25) is 4.68 Å². The van der Waals surface area contributed by atoms with Crippen molar-refractivity contribution in [3.63, 3.8) is 0 Å². The van der Waals surface area contributed by atoms with Crippen LogP contribution >= 0.6 is 0 Å². The Kier molecular flexibility index (Phi) is 3.37. The highest BCUT2D eigenvalue weighted by Gasteiger charge is 2.01. The molecule has 0 fully saturated rings. The van der Waals surface area contributed by atoms with Crippen LogP contribution in [0, 0.1) is 13.8 Å². The highest BCUT2D eigenvalue weighted by molar-refractivity contribution is 5.28. The van der Waals surface area contributed by atoms with E-state index in [-0.39, 0.29) is 0 Å². The van der Waals surface area contributed by atoms with E-state index in [2.05, 4.69) is 27.3 Å². The fourth-order valence-corrected chi connectivity index (χ4v) is 1.66. The lowest BCUT2D eigenvalue weighted by Crippen LogP contribution is -2.04. The second-order valence-corrected chi connectivity index (χ2v) is 4.03. The number of anilines is 1. The monoisotopic (exact) mass is 231 g/mol. The van der Waals surface area contributed by atoms with Crippen LogP contribution < -0.4 is 5.32 Å². The molecule has 0 saturated heterocycles. The molecule has 2 heterocycles. The van der Waals surface area contributed by atoms with Crippen molar-refractivity contribution in [2.45, 2.75) is 33.9 Å². The standard InChI is InChI=1S/C12H17N5/c1-4-17-8-11(7-14-17)6-13-12-15-9(2)5-10(3)16-12/h5,7-8H,4,6H2,1-3H3,(H,13,15,16). The molecule has 0 bridgehead atoms. The van der Waals surface area contributed by atoms with E-state index in [0.717, 1.165) is 23.5 Å². The minimum absolute atomic E-state index is 0.673. The number of aromatic nitrogens is 4. The predicted molar refractivity (Wildman–Crippen MR) is 66.7 cm³/mol. The topological polar surface area (TPSA) is 55.6 Å². The zero-order chi connectivity index (χ0) is 12.3. The van der Waals surface area contributed by atoms with E-state index in [0.29, 0.717) is 12.5 Å². The molecule has 0 aliphatic rings. The van der Waals surface area contributed by atoms with Gasteiger partial charge in [-0.2, -0.15) is 5.10 Å². The van der Waals surface area contributed by atoms with Gasteiger partial charge in [-0.15, -0.1) is 0 Å². The fraction of sp³-hybridized carbons (Fsp3) is 0.417. The van der Waals surface area contributed by atoms with Crippen molar-refractivity contribution in [2.24, 2.45) is 0 Å². The fourth-order valence-electron chi connectivity index (χ4n) is 1.66. The lowest BCUT2D eigenvalue weighted by molar-refractivity contribution is 0.659. The van der Waals surface area contributed by atoms with Gasteiger partial charge in [0.2, 0.25) is 5.95 Å². The summed E-state index contributed by atoms with van der Waals surface area (Å²) in [6.07, 6.45) is 3.88. The first-order valence-electron chi connectivity index (χ1n) is 5.75. The van der Waals surface area contributed by atoms with Crippen molar-refractivity contribution >= 4 is 5.95 Å². The average molecular weight is 231 g/mol. The van der Waals surface area contributed by atoms with Gasteiger partial charge in [-0.05, 0) is 26.8 Å². The van der Waals surface area contributed by atoms with Gasteiger partial charge in [0.1, 0.15) is 0 Å². The van der Waals surface area contributed by atoms with E-state index in [1.54, 1.807) is 0 Å². The molecule has 2 rings (SSSR count). The largest absolute Gasteiger partial charge is 0.350 e. The molecule has 0 spiro atoms. The summed E-state index contributed by atoms with van der Waals surface area (Å²) in [7, 11) is 0. The number of rotatable bonds is 4. The van der Waals surface area contributed by atoms with Crippen molar-refractivity contribution in [1.82, 2.24) is 19.7 Å². The number of nitrogens with zero attached hydrogens (tertiary/aromatic N) is 4. The summed E-state index contributed by atoms with van der Waals surface area (Å²) in [6, 6.07) is 1.96. The Morgan fingerprint density at radius 2 is 1.94 bits per heavy atom. The molecule has 0 radical (unpaired) electrons. The molecule has 0 atom stereocenters. The van der Waals surface area contributed by atoms with Crippen LogP contribution in [0.15, 0.2) is 18.5 Å². The average Bonchev–Trinajstić information content (AvgIpc) is 2.73. The van der Waals surface area contributed by atoms with Gasteiger partial charge in [0, 0.05) is 36.2 Å². The van der Waals surface area contributed by atoms with Gasteiger partial charge in [0.05, 0.1) is 6.20 Å². The SMILES string of the molecule is CCn1cc(CNc2nc(C)cc(C)n2)cn1. The Morgan fingerprint density at radius 3 is 2.53 bits per heavy atom.